The molecule has 2 nitrogen and oxygen atoms in total. The highest BCUT2D eigenvalue weighted by molar-refractivity contribution is 4.81. The third-order valence-electron chi connectivity index (χ3n) is 2.59. The van der Waals surface area contributed by atoms with Crippen molar-refractivity contribution in [2.45, 2.75) is 44.1 Å². The molecule has 1 aliphatic carbocycles. The first kappa shape index (κ1) is 9.59. The minimum absolute atomic E-state index is 0.443. The Hall–Kier alpha value is -0.500. The molecular formula is C10H18O2. The fraction of sp³-hybridized carbons (Fsp3) is 0.800. The van der Waals surface area contributed by atoms with E-state index in [-0.39, 0.29) is 0 Å². The van der Waals surface area contributed by atoms with E-state index in [9.17, 15) is 5.11 Å². The van der Waals surface area contributed by atoms with Crippen molar-refractivity contribution < 1.29 is 9.84 Å². The molecule has 0 aromatic heterocycles. The van der Waals surface area contributed by atoms with Gasteiger partial charge in [0.1, 0.15) is 0 Å². The summed E-state index contributed by atoms with van der Waals surface area (Å²) < 4.78 is 5.01. The van der Waals surface area contributed by atoms with Gasteiger partial charge in [0.15, 0.2) is 0 Å². The summed E-state index contributed by atoms with van der Waals surface area (Å²) in [6, 6.07) is 0. The van der Waals surface area contributed by atoms with Gasteiger partial charge in [0.25, 0.3) is 0 Å². The van der Waals surface area contributed by atoms with Gasteiger partial charge >= 0.3 is 0 Å². The lowest BCUT2D eigenvalue weighted by Crippen LogP contribution is -2.32. The molecule has 1 rings (SSSR count). The molecule has 0 unspecified atom stereocenters. The van der Waals surface area contributed by atoms with Crippen LogP contribution in [-0.2, 0) is 4.74 Å². The Morgan fingerprint density at radius 2 is 2.00 bits per heavy atom. The van der Waals surface area contributed by atoms with E-state index < -0.39 is 5.60 Å². The summed E-state index contributed by atoms with van der Waals surface area (Å²) in [7, 11) is 0. The van der Waals surface area contributed by atoms with Crippen molar-refractivity contribution in [3.8, 4) is 0 Å². The Labute approximate surface area is 74.2 Å². The third-order valence-corrected chi connectivity index (χ3v) is 2.59. The molecule has 0 aliphatic heterocycles. The summed E-state index contributed by atoms with van der Waals surface area (Å²) in [6.45, 7) is 4.06. The molecule has 0 aromatic carbocycles. The van der Waals surface area contributed by atoms with Crippen LogP contribution in [-0.4, -0.2) is 17.3 Å². The molecule has 0 heterocycles. The second-order valence-corrected chi connectivity index (χ2v) is 3.57. The van der Waals surface area contributed by atoms with Gasteiger partial charge in [-0.05, 0) is 12.8 Å². The van der Waals surface area contributed by atoms with Crippen LogP contribution in [0, 0.1) is 0 Å². The molecule has 0 atom stereocenters. The second-order valence-electron chi connectivity index (χ2n) is 3.57. The van der Waals surface area contributed by atoms with Gasteiger partial charge in [-0.3, -0.25) is 0 Å². The largest absolute Gasteiger partial charge is 0.502 e. The Balaban J connectivity index is 2.21. The van der Waals surface area contributed by atoms with E-state index in [0.29, 0.717) is 6.61 Å². The normalized spacial score (nSPS) is 21.8. The van der Waals surface area contributed by atoms with Crippen LogP contribution in [0.5, 0.6) is 0 Å². The van der Waals surface area contributed by atoms with E-state index in [4.69, 9.17) is 4.74 Å². The van der Waals surface area contributed by atoms with Crippen molar-refractivity contribution in [1.82, 2.24) is 0 Å². The van der Waals surface area contributed by atoms with Crippen LogP contribution in [0.25, 0.3) is 0 Å². The molecule has 1 saturated carbocycles. The van der Waals surface area contributed by atoms with Gasteiger partial charge in [-0.25, -0.2) is 0 Å². The summed E-state index contributed by atoms with van der Waals surface area (Å²) in [5, 5.41) is 9.98. The highest BCUT2D eigenvalue weighted by Gasteiger charge is 2.28. The minimum Gasteiger partial charge on any atom is -0.502 e. The fourth-order valence-electron chi connectivity index (χ4n) is 1.79. The van der Waals surface area contributed by atoms with Crippen LogP contribution in [0.1, 0.15) is 38.5 Å². The summed E-state index contributed by atoms with van der Waals surface area (Å²) >= 11 is 0. The van der Waals surface area contributed by atoms with Crippen molar-refractivity contribution in [2.24, 2.45) is 0 Å². The van der Waals surface area contributed by atoms with Gasteiger partial charge in [0.2, 0.25) is 0 Å². The van der Waals surface area contributed by atoms with Crippen LogP contribution in [0.4, 0.5) is 0 Å². The average molecular weight is 170 g/mol. The highest BCUT2D eigenvalue weighted by atomic mass is 16.5. The lowest BCUT2D eigenvalue weighted by molar-refractivity contribution is -0.0176. The SMILES string of the molecule is C=COCCC1(O)CCCCC1. The van der Waals surface area contributed by atoms with Crippen molar-refractivity contribution in [3.05, 3.63) is 12.8 Å². The predicted octanol–water partition coefficient (Wildman–Crippen LogP) is 2.23. The summed E-state index contributed by atoms with van der Waals surface area (Å²) in [5.41, 5.74) is -0.443. The smallest absolute Gasteiger partial charge is 0.0900 e. The van der Waals surface area contributed by atoms with Crippen LogP contribution in [0.3, 0.4) is 0 Å². The number of rotatable bonds is 4. The number of hydrogen-bond acceptors (Lipinski definition) is 2. The van der Waals surface area contributed by atoms with Gasteiger partial charge in [-0.2, -0.15) is 0 Å². The van der Waals surface area contributed by atoms with Gasteiger partial charge in [-0.1, -0.05) is 25.8 Å². The van der Waals surface area contributed by atoms with Crippen LogP contribution < -0.4 is 0 Å². The lowest BCUT2D eigenvalue weighted by Gasteiger charge is -2.31. The average Bonchev–Trinajstić information content (AvgIpc) is 2.06. The van der Waals surface area contributed by atoms with Crippen LogP contribution in [0.15, 0.2) is 12.8 Å². The second kappa shape index (κ2) is 4.51. The van der Waals surface area contributed by atoms with Gasteiger partial charge in [0.05, 0.1) is 18.5 Å². The van der Waals surface area contributed by atoms with E-state index in [1.807, 2.05) is 0 Å². The van der Waals surface area contributed by atoms with Crippen molar-refractivity contribution >= 4 is 0 Å². The van der Waals surface area contributed by atoms with Crippen molar-refractivity contribution in [3.63, 3.8) is 0 Å². The Morgan fingerprint density at radius 3 is 2.58 bits per heavy atom. The van der Waals surface area contributed by atoms with E-state index in [0.717, 1.165) is 32.1 Å². The zero-order valence-corrected chi connectivity index (χ0v) is 7.59. The molecule has 0 saturated heterocycles. The first-order valence-electron chi connectivity index (χ1n) is 4.72. The molecule has 1 aliphatic rings. The van der Waals surface area contributed by atoms with Crippen molar-refractivity contribution in [2.75, 3.05) is 6.61 Å². The number of hydrogen-bond donors (Lipinski definition) is 1. The van der Waals surface area contributed by atoms with Crippen LogP contribution >= 0.6 is 0 Å². The maximum absolute atomic E-state index is 9.98. The Kier molecular flexibility index (Phi) is 3.60. The minimum atomic E-state index is -0.443. The molecule has 0 radical (unpaired) electrons. The maximum Gasteiger partial charge on any atom is 0.0900 e. The maximum atomic E-state index is 9.98. The first-order chi connectivity index (χ1) is 5.77. The molecular weight excluding hydrogens is 152 g/mol. The van der Waals surface area contributed by atoms with E-state index >= 15 is 0 Å². The Bertz CT molecular complexity index is 137. The Morgan fingerprint density at radius 1 is 1.33 bits per heavy atom. The van der Waals surface area contributed by atoms with E-state index in [2.05, 4.69) is 6.58 Å². The predicted molar refractivity (Wildman–Crippen MR) is 48.8 cm³/mol. The standard InChI is InChI=1S/C10H18O2/c1-2-12-9-8-10(11)6-4-3-5-7-10/h2,11H,1,3-9H2. The molecule has 12 heavy (non-hydrogen) atoms. The van der Waals surface area contributed by atoms with Crippen LogP contribution in [0.2, 0.25) is 0 Å². The van der Waals surface area contributed by atoms with Crippen molar-refractivity contribution in [1.29, 1.82) is 0 Å². The zero-order valence-electron chi connectivity index (χ0n) is 7.59. The highest BCUT2D eigenvalue weighted by Crippen LogP contribution is 2.30. The molecule has 70 valence electrons. The topological polar surface area (TPSA) is 29.5 Å². The third kappa shape index (κ3) is 2.86. The molecule has 2 heteroatoms. The molecule has 0 bridgehead atoms. The summed E-state index contributed by atoms with van der Waals surface area (Å²) in [4.78, 5) is 0. The van der Waals surface area contributed by atoms with E-state index in [1.54, 1.807) is 0 Å². The number of aliphatic hydroxyl groups is 1. The molecule has 1 N–H and O–H groups in total. The monoisotopic (exact) mass is 170 g/mol. The first-order valence-corrected chi connectivity index (χ1v) is 4.72. The van der Waals surface area contributed by atoms with Gasteiger partial charge in [-0.15, -0.1) is 0 Å². The lowest BCUT2D eigenvalue weighted by atomic mass is 9.83. The quantitative estimate of drug-likeness (QED) is 0.518. The van der Waals surface area contributed by atoms with E-state index in [1.165, 1.54) is 12.7 Å². The molecule has 0 spiro atoms. The van der Waals surface area contributed by atoms with Gasteiger partial charge < -0.3 is 9.84 Å². The van der Waals surface area contributed by atoms with Gasteiger partial charge in [0, 0.05) is 6.42 Å². The summed E-state index contributed by atoms with van der Waals surface area (Å²) in [5.74, 6) is 0. The number of ether oxygens (including phenoxy) is 1. The molecule has 0 aromatic rings. The fourth-order valence-corrected chi connectivity index (χ4v) is 1.79. The summed E-state index contributed by atoms with van der Waals surface area (Å²) in [6.07, 6.45) is 7.64. The molecule has 1 fully saturated rings. The molecule has 0 amide bonds. The zero-order chi connectivity index (χ0) is 8.86.